The Hall–Kier alpha value is -0.840. The zero-order valence-electron chi connectivity index (χ0n) is 9.11. The third kappa shape index (κ3) is 1.49. The molecule has 4 heteroatoms. The first kappa shape index (κ1) is 10.3. The highest BCUT2D eigenvalue weighted by molar-refractivity contribution is 9.10. The third-order valence-electron chi connectivity index (χ3n) is 3.02. The van der Waals surface area contributed by atoms with E-state index in [1.54, 1.807) is 7.11 Å². The quantitative estimate of drug-likeness (QED) is 0.792. The molecule has 1 aromatic heterocycles. The van der Waals surface area contributed by atoms with Crippen molar-refractivity contribution in [3.8, 4) is 0 Å². The van der Waals surface area contributed by atoms with Crippen LogP contribution in [-0.2, 0) is 16.5 Å². The van der Waals surface area contributed by atoms with Crippen molar-refractivity contribution in [2.75, 3.05) is 7.11 Å². The molecule has 1 aromatic carbocycles. The fourth-order valence-corrected chi connectivity index (χ4v) is 2.48. The number of ether oxygens (including phenoxy) is 2. The number of methoxy groups -OCH3 is 1. The van der Waals surface area contributed by atoms with Gasteiger partial charge in [0.05, 0.1) is 5.69 Å². The summed E-state index contributed by atoms with van der Waals surface area (Å²) in [6, 6.07) is 8.42. The number of halogens is 1. The van der Waals surface area contributed by atoms with E-state index in [1.807, 2.05) is 6.07 Å². The van der Waals surface area contributed by atoms with Gasteiger partial charge in [0.1, 0.15) is 0 Å². The summed E-state index contributed by atoms with van der Waals surface area (Å²) in [6.45, 7) is 0. The molecule has 2 heterocycles. The molecule has 0 radical (unpaired) electrons. The fourth-order valence-electron chi connectivity index (χ4n) is 2.10. The fraction of sp³-hybridized carbons (Fsp3) is 0.333. The van der Waals surface area contributed by atoms with Crippen molar-refractivity contribution in [3.63, 3.8) is 0 Å². The van der Waals surface area contributed by atoms with E-state index in [1.165, 1.54) is 16.6 Å². The molecule has 16 heavy (non-hydrogen) atoms. The van der Waals surface area contributed by atoms with Crippen LogP contribution in [-0.4, -0.2) is 18.0 Å². The molecular weight excluding hydrogens is 270 g/mol. The van der Waals surface area contributed by atoms with E-state index in [2.05, 4.69) is 45.7 Å². The summed E-state index contributed by atoms with van der Waals surface area (Å²) >= 11 is 3.48. The van der Waals surface area contributed by atoms with Crippen LogP contribution in [0.4, 0.5) is 0 Å². The lowest BCUT2D eigenvalue weighted by atomic mass is 10.2. The van der Waals surface area contributed by atoms with E-state index in [-0.39, 0.29) is 12.4 Å². The average molecular weight is 282 g/mol. The molecule has 0 saturated carbocycles. The number of epoxide rings is 1. The van der Waals surface area contributed by atoms with E-state index in [9.17, 15) is 0 Å². The maximum Gasteiger partial charge on any atom is 0.190 e. The van der Waals surface area contributed by atoms with Crippen molar-refractivity contribution in [1.29, 1.82) is 0 Å². The number of aryl methyl sites for hydroxylation is 1. The lowest BCUT2D eigenvalue weighted by Gasteiger charge is -2.00. The molecule has 2 unspecified atom stereocenters. The van der Waals surface area contributed by atoms with Crippen molar-refractivity contribution < 1.29 is 9.47 Å². The maximum atomic E-state index is 5.44. The summed E-state index contributed by atoms with van der Waals surface area (Å²) in [5.41, 5.74) is 2.38. The van der Waals surface area contributed by atoms with Crippen LogP contribution in [0.3, 0.4) is 0 Å². The Kier molecular flexibility index (Phi) is 2.31. The second kappa shape index (κ2) is 3.58. The van der Waals surface area contributed by atoms with E-state index >= 15 is 0 Å². The second-order valence-corrected chi connectivity index (χ2v) is 4.91. The van der Waals surface area contributed by atoms with Crippen LogP contribution >= 0.6 is 15.9 Å². The Labute approximate surface area is 102 Å². The Morgan fingerprint density at radius 2 is 2.19 bits per heavy atom. The van der Waals surface area contributed by atoms with Gasteiger partial charge in [0.2, 0.25) is 0 Å². The van der Waals surface area contributed by atoms with Crippen molar-refractivity contribution in [1.82, 2.24) is 4.57 Å². The largest absolute Gasteiger partial charge is 0.353 e. The molecule has 0 bridgehead atoms. The topological polar surface area (TPSA) is 26.7 Å². The molecule has 1 aliphatic heterocycles. The van der Waals surface area contributed by atoms with Crippen molar-refractivity contribution in [2.24, 2.45) is 7.05 Å². The van der Waals surface area contributed by atoms with Gasteiger partial charge in [-0.25, -0.2) is 0 Å². The molecule has 84 valence electrons. The molecule has 1 aliphatic rings. The SMILES string of the molecule is COC1OC1c1cc2cc(Br)ccc2n1C. The second-order valence-electron chi connectivity index (χ2n) is 3.99. The first-order valence-electron chi connectivity index (χ1n) is 5.14. The monoisotopic (exact) mass is 281 g/mol. The van der Waals surface area contributed by atoms with Crippen molar-refractivity contribution in [3.05, 3.63) is 34.4 Å². The number of rotatable bonds is 2. The van der Waals surface area contributed by atoms with Gasteiger partial charge < -0.3 is 14.0 Å². The third-order valence-corrected chi connectivity index (χ3v) is 3.51. The first-order chi connectivity index (χ1) is 7.70. The number of hydrogen-bond acceptors (Lipinski definition) is 2. The van der Waals surface area contributed by atoms with E-state index in [0.29, 0.717) is 0 Å². The Morgan fingerprint density at radius 3 is 2.88 bits per heavy atom. The minimum atomic E-state index is -0.0774. The van der Waals surface area contributed by atoms with Crippen LogP contribution in [0.5, 0.6) is 0 Å². The summed E-state index contributed by atoms with van der Waals surface area (Å²) in [7, 11) is 3.73. The van der Waals surface area contributed by atoms with Crippen LogP contribution in [0.25, 0.3) is 10.9 Å². The Morgan fingerprint density at radius 1 is 1.38 bits per heavy atom. The van der Waals surface area contributed by atoms with Crippen molar-refractivity contribution in [2.45, 2.75) is 12.4 Å². The zero-order valence-corrected chi connectivity index (χ0v) is 10.7. The molecular formula is C12H12BrNO2. The maximum absolute atomic E-state index is 5.44. The van der Waals surface area contributed by atoms with E-state index < -0.39 is 0 Å². The predicted molar refractivity (Wildman–Crippen MR) is 65.2 cm³/mol. The number of fused-ring (bicyclic) bond motifs is 1. The Bertz CT molecular complexity index is 549. The smallest absolute Gasteiger partial charge is 0.190 e. The van der Waals surface area contributed by atoms with Crippen LogP contribution in [0.15, 0.2) is 28.7 Å². The number of aromatic nitrogens is 1. The molecule has 0 spiro atoms. The molecule has 1 fully saturated rings. The van der Waals surface area contributed by atoms with Gasteiger partial charge in [0.15, 0.2) is 12.4 Å². The Balaban J connectivity index is 2.10. The highest BCUT2D eigenvalue weighted by Gasteiger charge is 2.42. The minimum Gasteiger partial charge on any atom is -0.353 e. The summed E-state index contributed by atoms with van der Waals surface area (Å²) in [6.07, 6.45) is 0.00706. The van der Waals surface area contributed by atoms with Crippen LogP contribution < -0.4 is 0 Å². The van der Waals surface area contributed by atoms with Gasteiger partial charge in [-0.3, -0.25) is 0 Å². The molecule has 0 aliphatic carbocycles. The van der Waals surface area contributed by atoms with Gasteiger partial charge >= 0.3 is 0 Å². The zero-order chi connectivity index (χ0) is 11.3. The highest BCUT2D eigenvalue weighted by atomic mass is 79.9. The molecule has 3 nitrogen and oxygen atoms in total. The summed E-state index contributed by atoms with van der Waals surface area (Å²) < 4.78 is 13.8. The van der Waals surface area contributed by atoms with Gasteiger partial charge in [-0.2, -0.15) is 0 Å². The lowest BCUT2D eigenvalue weighted by Crippen LogP contribution is -1.97. The van der Waals surface area contributed by atoms with Gasteiger partial charge in [-0.1, -0.05) is 15.9 Å². The summed E-state index contributed by atoms with van der Waals surface area (Å²) in [5.74, 6) is 0. The average Bonchev–Trinajstić information content (AvgIpc) is 2.98. The minimum absolute atomic E-state index is 0.0774. The van der Waals surface area contributed by atoms with Crippen LogP contribution in [0, 0.1) is 0 Å². The van der Waals surface area contributed by atoms with Gasteiger partial charge in [0, 0.05) is 29.5 Å². The van der Waals surface area contributed by atoms with Gasteiger partial charge in [-0.05, 0) is 24.3 Å². The molecule has 0 amide bonds. The van der Waals surface area contributed by atoms with Gasteiger partial charge in [0.25, 0.3) is 0 Å². The highest BCUT2D eigenvalue weighted by Crippen LogP contribution is 2.41. The predicted octanol–water partition coefficient (Wildman–Crippen LogP) is 2.98. The lowest BCUT2D eigenvalue weighted by molar-refractivity contribution is 0.0950. The normalized spacial score (nSPS) is 23.9. The summed E-state index contributed by atoms with van der Waals surface area (Å²) in [5, 5.41) is 1.22. The van der Waals surface area contributed by atoms with E-state index in [4.69, 9.17) is 9.47 Å². The van der Waals surface area contributed by atoms with Crippen LogP contribution in [0.1, 0.15) is 11.8 Å². The number of nitrogens with zero attached hydrogens (tertiary/aromatic N) is 1. The van der Waals surface area contributed by atoms with Gasteiger partial charge in [-0.15, -0.1) is 0 Å². The molecule has 2 atom stereocenters. The molecule has 1 saturated heterocycles. The van der Waals surface area contributed by atoms with Crippen LogP contribution in [0.2, 0.25) is 0 Å². The molecule has 2 aromatic rings. The van der Waals surface area contributed by atoms with E-state index in [0.717, 1.165) is 4.47 Å². The molecule has 0 N–H and O–H groups in total. The number of benzene rings is 1. The standard InChI is InChI=1S/C12H12BrNO2/c1-14-9-4-3-8(13)5-7(9)6-10(14)11-12(15-2)16-11/h3-6,11-12H,1-2H3. The first-order valence-corrected chi connectivity index (χ1v) is 5.93. The summed E-state index contributed by atoms with van der Waals surface area (Å²) in [4.78, 5) is 0. The molecule has 3 rings (SSSR count). The number of hydrogen-bond donors (Lipinski definition) is 0. The van der Waals surface area contributed by atoms with Crippen molar-refractivity contribution >= 4 is 26.8 Å².